The molecule has 1 N–H and O–H groups in total. The van der Waals surface area contributed by atoms with E-state index in [1.54, 1.807) is 0 Å². The summed E-state index contributed by atoms with van der Waals surface area (Å²) in [6.45, 7) is 4.90. The van der Waals surface area contributed by atoms with Crippen LogP contribution in [0.15, 0.2) is 22.9 Å². The Bertz CT molecular complexity index is 548. The minimum absolute atomic E-state index is 0.779. The number of halogens is 1. The summed E-state index contributed by atoms with van der Waals surface area (Å²) in [5, 5.41) is 7.84. The maximum Gasteiger partial charge on any atom is 0.106 e. The fourth-order valence-corrected chi connectivity index (χ4v) is 2.33. The number of rotatable bonds is 4. The summed E-state index contributed by atoms with van der Waals surface area (Å²) in [7, 11) is 1.95. The first-order chi connectivity index (χ1) is 8.60. The van der Waals surface area contributed by atoms with Gasteiger partial charge in [-0.2, -0.15) is 5.10 Å². The molecule has 0 saturated heterocycles. The second-order valence-corrected chi connectivity index (χ2v) is 5.06. The third-order valence-electron chi connectivity index (χ3n) is 2.85. The number of aryl methyl sites for hydroxylation is 3. The SMILES string of the molecule is CCc1nn(C)cc1CNc1ccc(Br)nc1C. The van der Waals surface area contributed by atoms with Crippen molar-refractivity contribution in [3.8, 4) is 0 Å². The molecular weight excluding hydrogens is 292 g/mol. The quantitative estimate of drug-likeness (QED) is 0.883. The van der Waals surface area contributed by atoms with E-state index in [2.05, 4.69) is 44.4 Å². The fourth-order valence-electron chi connectivity index (χ4n) is 1.94. The van der Waals surface area contributed by atoms with Crippen molar-refractivity contribution in [3.05, 3.63) is 39.9 Å². The predicted molar refractivity (Wildman–Crippen MR) is 76.6 cm³/mol. The van der Waals surface area contributed by atoms with Gasteiger partial charge in [0.2, 0.25) is 0 Å². The largest absolute Gasteiger partial charge is 0.379 e. The van der Waals surface area contributed by atoms with Crippen LogP contribution < -0.4 is 5.32 Å². The number of hydrogen-bond acceptors (Lipinski definition) is 3. The van der Waals surface area contributed by atoms with Crippen LogP contribution in [-0.4, -0.2) is 14.8 Å². The smallest absolute Gasteiger partial charge is 0.106 e. The molecule has 2 rings (SSSR count). The van der Waals surface area contributed by atoms with E-state index in [4.69, 9.17) is 0 Å². The third kappa shape index (κ3) is 2.90. The molecule has 0 aromatic carbocycles. The molecule has 18 heavy (non-hydrogen) atoms. The molecule has 0 amide bonds. The van der Waals surface area contributed by atoms with Gasteiger partial charge < -0.3 is 5.32 Å². The van der Waals surface area contributed by atoms with E-state index in [-0.39, 0.29) is 0 Å². The van der Waals surface area contributed by atoms with E-state index in [1.165, 1.54) is 5.56 Å². The van der Waals surface area contributed by atoms with Crippen LogP contribution in [-0.2, 0) is 20.0 Å². The van der Waals surface area contributed by atoms with E-state index in [1.807, 2.05) is 30.8 Å². The molecule has 2 aromatic heterocycles. The molecular formula is C13H17BrN4. The van der Waals surface area contributed by atoms with Crippen molar-refractivity contribution >= 4 is 21.6 Å². The van der Waals surface area contributed by atoms with E-state index >= 15 is 0 Å². The zero-order chi connectivity index (χ0) is 13.1. The Kier molecular flexibility index (Phi) is 4.01. The van der Waals surface area contributed by atoms with Gasteiger partial charge in [0.05, 0.1) is 17.1 Å². The summed E-state index contributed by atoms with van der Waals surface area (Å²) in [5.74, 6) is 0. The van der Waals surface area contributed by atoms with Gasteiger partial charge in [-0.15, -0.1) is 0 Å². The molecule has 0 aliphatic heterocycles. The Hall–Kier alpha value is -1.36. The van der Waals surface area contributed by atoms with Crippen molar-refractivity contribution in [1.29, 1.82) is 0 Å². The molecule has 0 fully saturated rings. The number of nitrogens with one attached hydrogen (secondary N) is 1. The highest BCUT2D eigenvalue weighted by Crippen LogP contribution is 2.17. The fraction of sp³-hybridized carbons (Fsp3) is 0.385. The van der Waals surface area contributed by atoms with Crippen LogP contribution in [0.2, 0.25) is 0 Å². The van der Waals surface area contributed by atoms with E-state index in [0.717, 1.165) is 34.6 Å². The van der Waals surface area contributed by atoms with Crippen molar-refractivity contribution < 1.29 is 0 Å². The first-order valence-corrected chi connectivity index (χ1v) is 6.78. The first kappa shape index (κ1) is 13.1. The maximum atomic E-state index is 4.43. The average molecular weight is 309 g/mol. The zero-order valence-electron chi connectivity index (χ0n) is 10.9. The van der Waals surface area contributed by atoms with Gasteiger partial charge in [-0.3, -0.25) is 4.68 Å². The summed E-state index contributed by atoms with van der Waals surface area (Å²) in [4.78, 5) is 4.37. The monoisotopic (exact) mass is 308 g/mol. The Morgan fingerprint density at radius 2 is 2.17 bits per heavy atom. The number of pyridine rings is 1. The van der Waals surface area contributed by atoms with Crippen LogP contribution in [0.1, 0.15) is 23.9 Å². The molecule has 2 aromatic rings. The summed E-state index contributed by atoms with van der Waals surface area (Å²) in [5.41, 5.74) is 4.44. The molecule has 0 bridgehead atoms. The molecule has 5 heteroatoms. The second-order valence-electron chi connectivity index (χ2n) is 4.25. The van der Waals surface area contributed by atoms with Gasteiger partial charge in [0, 0.05) is 25.4 Å². The van der Waals surface area contributed by atoms with Gasteiger partial charge in [-0.25, -0.2) is 4.98 Å². The van der Waals surface area contributed by atoms with Crippen LogP contribution in [0.4, 0.5) is 5.69 Å². The van der Waals surface area contributed by atoms with E-state index < -0.39 is 0 Å². The Morgan fingerprint density at radius 1 is 1.39 bits per heavy atom. The number of anilines is 1. The average Bonchev–Trinajstić information content (AvgIpc) is 2.68. The van der Waals surface area contributed by atoms with Crippen LogP contribution in [0.5, 0.6) is 0 Å². The highest BCUT2D eigenvalue weighted by molar-refractivity contribution is 9.10. The van der Waals surface area contributed by atoms with Crippen molar-refractivity contribution in [2.24, 2.45) is 7.05 Å². The lowest BCUT2D eigenvalue weighted by molar-refractivity contribution is 0.746. The molecule has 0 saturated carbocycles. The Labute approximate surface area is 116 Å². The van der Waals surface area contributed by atoms with Crippen LogP contribution in [0.25, 0.3) is 0 Å². The Morgan fingerprint density at radius 3 is 2.83 bits per heavy atom. The molecule has 0 unspecified atom stereocenters. The lowest BCUT2D eigenvalue weighted by atomic mass is 10.2. The molecule has 0 spiro atoms. The van der Waals surface area contributed by atoms with E-state index in [0.29, 0.717) is 0 Å². The van der Waals surface area contributed by atoms with Crippen LogP contribution in [0.3, 0.4) is 0 Å². The summed E-state index contributed by atoms with van der Waals surface area (Å²) < 4.78 is 2.73. The van der Waals surface area contributed by atoms with E-state index in [9.17, 15) is 0 Å². The molecule has 0 aliphatic carbocycles. The molecule has 0 aliphatic rings. The van der Waals surface area contributed by atoms with Crippen molar-refractivity contribution in [3.63, 3.8) is 0 Å². The van der Waals surface area contributed by atoms with Crippen molar-refractivity contribution in [1.82, 2.24) is 14.8 Å². The van der Waals surface area contributed by atoms with Gasteiger partial charge in [-0.1, -0.05) is 6.92 Å². The molecule has 4 nitrogen and oxygen atoms in total. The maximum absolute atomic E-state index is 4.43. The standard InChI is InChI=1S/C13H17BrN4/c1-4-11-10(8-18(3)17-11)7-15-12-5-6-13(14)16-9(12)2/h5-6,8,15H,4,7H2,1-3H3. The third-order valence-corrected chi connectivity index (χ3v) is 3.29. The zero-order valence-corrected chi connectivity index (χ0v) is 12.5. The Balaban J connectivity index is 2.11. The summed E-state index contributed by atoms with van der Waals surface area (Å²) in [6.07, 6.45) is 3.02. The summed E-state index contributed by atoms with van der Waals surface area (Å²) in [6, 6.07) is 3.98. The summed E-state index contributed by atoms with van der Waals surface area (Å²) >= 11 is 3.37. The molecule has 2 heterocycles. The molecule has 96 valence electrons. The van der Waals surface area contributed by atoms with Gasteiger partial charge >= 0.3 is 0 Å². The highest BCUT2D eigenvalue weighted by atomic mass is 79.9. The van der Waals surface area contributed by atoms with Gasteiger partial charge in [0.15, 0.2) is 0 Å². The van der Waals surface area contributed by atoms with Gasteiger partial charge in [-0.05, 0) is 41.4 Å². The normalized spacial score (nSPS) is 10.7. The molecule has 0 radical (unpaired) electrons. The van der Waals surface area contributed by atoms with Crippen molar-refractivity contribution in [2.45, 2.75) is 26.8 Å². The minimum Gasteiger partial charge on any atom is -0.379 e. The minimum atomic E-state index is 0.779. The predicted octanol–water partition coefficient (Wildman–Crippen LogP) is 3.06. The van der Waals surface area contributed by atoms with Crippen molar-refractivity contribution in [2.75, 3.05) is 5.32 Å². The number of hydrogen-bond donors (Lipinski definition) is 1. The first-order valence-electron chi connectivity index (χ1n) is 5.98. The topological polar surface area (TPSA) is 42.7 Å². The highest BCUT2D eigenvalue weighted by Gasteiger charge is 2.06. The number of aromatic nitrogens is 3. The van der Waals surface area contributed by atoms with Crippen LogP contribution in [0, 0.1) is 6.92 Å². The lowest BCUT2D eigenvalue weighted by Crippen LogP contribution is -2.03. The number of nitrogens with zero attached hydrogens (tertiary/aromatic N) is 3. The lowest BCUT2D eigenvalue weighted by Gasteiger charge is -2.08. The second kappa shape index (κ2) is 5.52. The van der Waals surface area contributed by atoms with Crippen LogP contribution >= 0.6 is 15.9 Å². The van der Waals surface area contributed by atoms with Gasteiger partial charge in [0.1, 0.15) is 4.60 Å². The molecule has 0 atom stereocenters. The van der Waals surface area contributed by atoms with Gasteiger partial charge in [0.25, 0.3) is 0 Å².